The van der Waals surface area contributed by atoms with Gasteiger partial charge in [0.25, 0.3) is 0 Å². The Morgan fingerprint density at radius 1 is 1.00 bits per heavy atom. The number of thiophene rings is 1. The van der Waals surface area contributed by atoms with E-state index >= 15 is 0 Å². The number of benzene rings is 1. The fraction of sp³-hybridized carbons (Fsp3) is 0.375. The molecule has 2 aromatic rings. The largest absolute Gasteiger partial charge is 0.311 e. The van der Waals surface area contributed by atoms with Crippen molar-refractivity contribution in [2.24, 2.45) is 5.41 Å². The summed E-state index contributed by atoms with van der Waals surface area (Å²) in [6.45, 7) is 8.78. The topological polar surface area (TPSA) is 12.0 Å². The summed E-state index contributed by atoms with van der Waals surface area (Å²) in [5, 5.41) is 3.52. The molecule has 2 heteroatoms. The van der Waals surface area contributed by atoms with Crippen LogP contribution in [0.5, 0.6) is 0 Å². The van der Waals surface area contributed by atoms with Gasteiger partial charge in [0.15, 0.2) is 0 Å². The van der Waals surface area contributed by atoms with Crippen molar-refractivity contribution in [3.63, 3.8) is 0 Å². The molecule has 0 amide bonds. The van der Waals surface area contributed by atoms with Crippen LogP contribution in [0.3, 0.4) is 0 Å². The highest BCUT2D eigenvalue weighted by Crippen LogP contribution is 2.27. The highest BCUT2D eigenvalue weighted by atomic mass is 32.1. The predicted molar refractivity (Wildman–Crippen MR) is 80.9 cm³/mol. The SMILES string of the molecule is CC(C)(C)CNCc1ccc(-c2ccccc2)s1. The molecule has 1 nitrogen and oxygen atoms in total. The van der Waals surface area contributed by atoms with E-state index < -0.39 is 0 Å². The maximum atomic E-state index is 3.52. The van der Waals surface area contributed by atoms with Crippen molar-refractivity contribution >= 4 is 11.3 Å². The highest BCUT2D eigenvalue weighted by Gasteiger charge is 2.09. The van der Waals surface area contributed by atoms with Crippen LogP contribution in [0.4, 0.5) is 0 Å². The van der Waals surface area contributed by atoms with Gasteiger partial charge in [-0.25, -0.2) is 0 Å². The molecule has 0 atom stereocenters. The van der Waals surface area contributed by atoms with E-state index in [-0.39, 0.29) is 0 Å². The fourth-order valence-electron chi connectivity index (χ4n) is 1.79. The van der Waals surface area contributed by atoms with Crippen LogP contribution in [-0.4, -0.2) is 6.54 Å². The Kier molecular flexibility index (Phi) is 4.20. The summed E-state index contributed by atoms with van der Waals surface area (Å²) < 4.78 is 0. The first kappa shape index (κ1) is 13.3. The van der Waals surface area contributed by atoms with E-state index in [1.807, 2.05) is 11.3 Å². The van der Waals surface area contributed by atoms with E-state index in [0.29, 0.717) is 5.41 Å². The zero-order chi connectivity index (χ0) is 13.0. The molecule has 1 N–H and O–H groups in total. The summed E-state index contributed by atoms with van der Waals surface area (Å²) in [4.78, 5) is 2.75. The number of nitrogens with one attached hydrogen (secondary N) is 1. The van der Waals surface area contributed by atoms with Crippen LogP contribution in [0.2, 0.25) is 0 Å². The summed E-state index contributed by atoms with van der Waals surface area (Å²) in [6.07, 6.45) is 0. The van der Waals surface area contributed by atoms with Gasteiger partial charge in [-0.05, 0) is 23.1 Å². The first-order valence-corrected chi connectivity index (χ1v) is 7.21. The molecule has 1 heterocycles. The molecule has 0 spiro atoms. The highest BCUT2D eigenvalue weighted by molar-refractivity contribution is 7.15. The summed E-state index contributed by atoms with van der Waals surface area (Å²) >= 11 is 1.87. The van der Waals surface area contributed by atoms with Crippen LogP contribution in [0, 0.1) is 5.41 Å². The van der Waals surface area contributed by atoms with Gasteiger partial charge in [-0.2, -0.15) is 0 Å². The molecule has 0 saturated carbocycles. The maximum absolute atomic E-state index is 3.52. The molecule has 1 aromatic heterocycles. The average Bonchev–Trinajstić information content (AvgIpc) is 2.77. The van der Waals surface area contributed by atoms with E-state index in [9.17, 15) is 0 Å². The van der Waals surface area contributed by atoms with Crippen LogP contribution in [0.15, 0.2) is 42.5 Å². The smallest absolute Gasteiger partial charge is 0.0346 e. The molecule has 2 rings (SSSR count). The van der Waals surface area contributed by atoms with Gasteiger partial charge in [0.05, 0.1) is 0 Å². The van der Waals surface area contributed by atoms with E-state index in [0.717, 1.165) is 13.1 Å². The number of rotatable bonds is 4. The molecule has 96 valence electrons. The summed E-state index contributed by atoms with van der Waals surface area (Å²) in [5.41, 5.74) is 1.66. The Hall–Kier alpha value is -1.12. The molecule has 0 aliphatic rings. The van der Waals surface area contributed by atoms with Crippen molar-refractivity contribution in [1.29, 1.82) is 0 Å². The third kappa shape index (κ3) is 3.97. The van der Waals surface area contributed by atoms with Gasteiger partial charge in [-0.3, -0.25) is 0 Å². The zero-order valence-corrected chi connectivity index (χ0v) is 12.2. The van der Waals surface area contributed by atoms with Crippen molar-refractivity contribution in [3.05, 3.63) is 47.3 Å². The lowest BCUT2D eigenvalue weighted by atomic mass is 9.97. The second-order valence-corrected chi connectivity index (χ2v) is 6.96. The molecular formula is C16H21NS. The van der Waals surface area contributed by atoms with Gasteiger partial charge in [0, 0.05) is 22.8 Å². The van der Waals surface area contributed by atoms with Crippen LogP contribution < -0.4 is 5.32 Å². The molecule has 1 aromatic carbocycles. The molecule has 0 aliphatic heterocycles. The minimum absolute atomic E-state index is 0.347. The van der Waals surface area contributed by atoms with E-state index in [2.05, 4.69) is 68.6 Å². The van der Waals surface area contributed by atoms with E-state index in [4.69, 9.17) is 0 Å². The summed E-state index contributed by atoms with van der Waals surface area (Å²) in [7, 11) is 0. The average molecular weight is 259 g/mol. The predicted octanol–water partition coefficient (Wildman–Crippen LogP) is 4.55. The van der Waals surface area contributed by atoms with E-state index in [1.54, 1.807) is 0 Å². The van der Waals surface area contributed by atoms with E-state index in [1.165, 1.54) is 15.3 Å². The molecule has 0 bridgehead atoms. The van der Waals surface area contributed by atoms with Crippen molar-refractivity contribution in [1.82, 2.24) is 5.32 Å². The molecule has 0 radical (unpaired) electrons. The van der Waals surface area contributed by atoms with Crippen molar-refractivity contribution in [2.75, 3.05) is 6.54 Å². The van der Waals surface area contributed by atoms with Gasteiger partial charge < -0.3 is 5.32 Å². The van der Waals surface area contributed by atoms with Gasteiger partial charge in [-0.15, -0.1) is 11.3 Å². The van der Waals surface area contributed by atoms with Crippen LogP contribution >= 0.6 is 11.3 Å². The third-order valence-electron chi connectivity index (χ3n) is 2.67. The molecule has 0 aliphatic carbocycles. The third-order valence-corrected chi connectivity index (χ3v) is 3.81. The van der Waals surface area contributed by atoms with Crippen LogP contribution in [-0.2, 0) is 6.54 Å². The Morgan fingerprint density at radius 3 is 2.39 bits per heavy atom. The Morgan fingerprint density at radius 2 is 1.72 bits per heavy atom. The van der Waals surface area contributed by atoms with Gasteiger partial charge in [-0.1, -0.05) is 51.1 Å². The second-order valence-electron chi connectivity index (χ2n) is 5.80. The first-order chi connectivity index (χ1) is 8.54. The maximum Gasteiger partial charge on any atom is 0.0346 e. The van der Waals surface area contributed by atoms with Crippen LogP contribution in [0.1, 0.15) is 25.6 Å². The van der Waals surface area contributed by atoms with Crippen molar-refractivity contribution < 1.29 is 0 Å². The monoisotopic (exact) mass is 259 g/mol. The van der Waals surface area contributed by atoms with Crippen molar-refractivity contribution in [2.45, 2.75) is 27.3 Å². The Bertz CT molecular complexity index is 479. The zero-order valence-electron chi connectivity index (χ0n) is 11.4. The fourth-order valence-corrected chi connectivity index (χ4v) is 2.77. The Balaban J connectivity index is 1.95. The standard InChI is InChI=1S/C16H21NS/c1-16(2,3)12-17-11-14-9-10-15(18-14)13-7-5-4-6-8-13/h4-10,17H,11-12H2,1-3H3. The van der Waals surface area contributed by atoms with Crippen LogP contribution in [0.25, 0.3) is 10.4 Å². The lowest BCUT2D eigenvalue weighted by molar-refractivity contribution is 0.380. The van der Waals surface area contributed by atoms with Gasteiger partial charge >= 0.3 is 0 Å². The summed E-state index contributed by atoms with van der Waals surface area (Å²) in [6, 6.07) is 15.0. The minimum Gasteiger partial charge on any atom is -0.311 e. The number of hydrogen-bond donors (Lipinski definition) is 1. The summed E-state index contributed by atoms with van der Waals surface area (Å²) in [5.74, 6) is 0. The molecule has 0 saturated heterocycles. The lowest BCUT2D eigenvalue weighted by Crippen LogP contribution is -2.26. The second kappa shape index (κ2) is 5.68. The van der Waals surface area contributed by atoms with Crippen molar-refractivity contribution in [3.8, 4) is 10.4 Å². The molecule has 0 unspecified atom stereocenters. The molecule has 18 heavy (non-hydrogen) atoms. The number of hydrogen-bond acceptors (Lipinski definition) is 2. The Labute approximate surface area is 114 Å². The first-order valence-electron chi connectivity index (χ1n) is 6.39. The quantitative estimate of drug-likeness (QED) is 0.849. The molecular weight excluding hydrogens is 238 g/mol. The van der Waals surface area contributed by atoms with Gasteiger partial charge in [0.1, 0.15) is 0 Å². The minimum atomic E-state index is 0.347. The van der Waals surface area contributed by atoms with Gasteiger partial charge in [0.2, 0.25) is 0 Å². The molecule has 0 fully saturated rings. The lowest BCUT2D eigenvalue weighted by Gasteiger charge is -2.18. The normalized spacial score (nSPS) is 11.7.